The van der Waals surface area contributed by atoms with Crippen LogP contribution in [0, 0.1) is 0 Å². The topological polar surface area (TPSA) is 112 Å². The SMILES string of the molecule is C[C@H](Cc1cccc(CC(=O)O)c1)NCC(O[Si](C)(C)C(C)(C)C)c1ccc(O)c2[nH]c(=O)ccc12. The first-order valence-corrected chi connectivity index (χ1v) is 15.2. The number of carboxylic acids is 1. The van der Waals surface area contributed by atoms with Gasteiger partial charge in [-0.3, -0.25) is 9.59 Å². The Bertz CT molecular complexity index is 1280. The fraction of sp³-hybridized carbons (Fsp3) is 0.429. The molecule has 8 heteroatoms. The fourth-order valence-corrected chi connectivity index (χ4v) is 5.34. The Morgan fingerprint density at radius 3 is 2.47 bits per heavy atom. The molecule has 0 fully saturated rings. The molecule has 2 atom stereocenters. The number of aliphatic carboxylic acids is 1. The Morgan fingerprint density at radius 2 is 1.81 bits per heavy atom. The van der Waals surface area contributed by atoms with Crippen LogP contribution in [0.2, 0.25) is 18.1 Å². The minimum Gasteiger partial charge on any atom is -0.506 e. The number of benzene rings is 2. The summed E-state index contributed by atoms with van der Waals surface area (Å²) in [5, 5.41) is 23.8. The van der Waals surface area contributed by atoms with Crippen molar-refractivity contribution in [3.63, 3.8) is 0 Å². The van der Waals surface area contributed by atoms with Gasteiger partial charge in [0, 0.05) is 24.0 Å². The lowest BCUT2D eigenvalue weighted by atomic mass is 10.0. The van der Waals surface area contributed by atoms with Crippen LogP contribution in [-0.2, 0) is 22.1 Å². The van der Waals surface area contributed by atoms with E-state index in [0.717, 1.165) is 28.5 Å². The zero-order chi connectivity index (χ0) is 26.7. The van der Waals surface area contributed by atoms with Gasteiger partial charge >= 0.3 is 5.97 Å². The molecular formula is C28H38N2O5Si. The van der Waals surface area contributed by atoms with E-state index < -0.39 is 14.3 Å². The standard InChI is InChI=1S/C28H38N2O5Si/c1-18(14-19-8-7-9-20(15-19)16-26(33)34)29-17-24(35-36(5,6)28(2,3)4)21-10-12-23(31)27-22(21)11-13-25(32)30-27/h7-13,15,18,24,29,31H,14,16-17H2,1-6H3,(H,30,32)(H,33,34)/t18-,24?/m1/s1. The van der Waals surface area contributed by atoms with Gasteiger partial charge in [0.1, 0.15) is 5.75 Å². The predicted molar refractivity (Wildman–Crippen MR) is 146 cm³/mol. The number of pyridine rings is 1. The van der Waals surface area contributed by atoms with E-state index in [1.54, 1.807) is 12.1 Å². The number of aromatic nitrogens is 1. The number of phenols is 1. The number of aromatic amines is 1. The molecule has 0 aliphatic heterocycles. The van der Waals surface area contributed by atoms with Crippen molar-refractivity contribution in [3.8, 4) is 5.75 Å². The molecule has 194 valence electrons. The third kappa shape index (κ3) is 6.84. The molecule has 1 aromatic heterocycles. The van der Waals surface area contributed by atoms with Crippen molar-refractivity contribution in [2.24, 2.45) is 0 Å². The molecule has 7 nitrogen and oxygen atoms in total. The minimum atomic E-state index is -2.16. The maximum Gasteiger partial charge on any atom is 0.307 e. The lowest BCUT2D eigenvalue weighted by molar-refractivity contribution is -0.136. The average Bonchev–Trinajstić information content (AvgIpc) is 2.76. The number of carboxylic acid groups (broad SMARTS) is 1. The largest absolute Gasteiger partial charge is 0.506 e. The highest BCUT2D eigenvalue weighted by Gasteiger charge is 2.39. The highest BCUT2D eigenvalue weighted by Crippen LogP contribution is 2.41. The maximum absolute atomic E-state index is 11.9. The molecule has 2 aromatic carbocycles. The predicted octanol–water partition coefficient (Wildman–Crippen LogP) is 5.14. The Hall–Kier alpha value is -2.94. The van der Waals surface area contributed by atoms with Gasteiger partial charge in [0.2, 0.25) is 5.56 Å². The van der Waals surface area contributed by atoms with E-state index in [-0.39, 0.29) is 34.9 Å². The number of nitrogens with one attached hydrogen (secondary N) is 2. The van der Waals surface area contributed by atoms with Crippen LogP contribution < -0.4 is 10.9 Å². The maximum atomic E-state index is 11.9. The van der Waals surface area contributed by atoms with Crippen molar-refractivity contribution in [1.82, 2.24) is 10.3 Å². The molecular weight excluding hydrogens is 472 g/mol. The number of rotatable bonds is 10. The molecule has 0 bridgehead atoms. The van der Waals surface area contributed by atoms with Crippen LogP contribution in [-0.4, -0.2) is 42.1 Å². The van der Waals surface area contributed by atoms with Gasteiger partial charge in [0.05, 0.1) is 18.0 Å². The molecule has 4 N–H and O–H groups in total. The number of hydrogen-bond acceptors (Lipinski definition) is 5. The Labute approximate surface area is 213 Å². The van der Waals surface area contributed by atoms with Crippen molar-refractivity contribution in [1.29, 1.82) is 0 Å². The van der Waals surface area contributed by atoms with E-state index in [1.807, 2.05) is 30.3 Å². The smallest absolute Gasteiger partial charge is 0.307 e. The summed E-state index contributed by atoms with van der Waals surface area (Å²) in [6.45, 7) is 13.7. The van der Waals surface area contributed by atoms with Crippen molar-refractivity contribution >= 4 is 25.2 Å². The summed E-state index contributed by atoms with van der Waals surface area (Å²) in [5.41, 5.74) is 2.91. The van der Waals surface area contributed by atoms with E-state index >= 15 is 0 Å². The van der Waals surface area contributed by atoms with Gasteiger partial charge in [-0.05, 0) is 60.3 Å². The number of carbonyl (C=O) groups is 1. The van der Waals surface area contributed by atoms with Crippen molar-refractivity contribution in [2.45, 2.75) is 70.8 Å². The van der Waals surface area contributed by atoms with E-state index in [0.29, 0.717) is 12.1 Å². The molecule has 0 aliphatic rings. The number of aromatic hydroxyl groups is 1. The summed E-state index contributed by atoms with van der Waals surface area (Å²) in [6, 6.07) is 14.5. The molecule has 0 aliphatic carbocycles. The summed E-state index contributed by atoms with van der Waals surface area (Å²) >= 11 is 0. The normalized spacial score (nSPS) is 14.1. The highest BCUT2D eigenvalue weighted by molar-refractivity contribution is 6.74. The minimum absolute atomic E-state index is 0.00246. The fourth-order valence-electron chi connectivity index (χ4n) is 4.06. The van der Waals surface area contributed by atoms with Gasteiger partial charge in [-0.25, -0.2) is 0 Å². The van der Waals surface area contributed by atoms with Gasteiger partial charge in [-0.1, -0.05) is 51.1 Å². The van der Waals surface area contributed by atoms with Gasteiger partial charge in [0.25, 0.3) is 0 Å². The zero-order valence-corrected chi connectivity index (χ0v) is 23.0. The van der Waals surface area contributed by atoms with Crippen LogP contribution in [0.1, 0.15) is 50.5 Å². The van der Waals surface area contributed by atoms with Crippen LogP contribution >= 0.6 is 0 Å². The van der Waals surface area contributed by atoms with Crippen LogP contribution in [0.25, 0.3) is 10.9 Å². The quantitative estimate of drug-likeness (QED) is 0.281. The molecule has 3 rings (SSSR count). The van der Waals surface area contributed by atoms with Gasteiger partial charge in [-0.15, -0.1) is 0 Å². The molecule has 36 heavy (non-hydrogen) atoms. The number of phenolic OH excluding ortho intramolecular Hbond substituents is 1. The van der Waals surface area contributed by atoms with Crippen molar-refractivity contribution in [3.05, 3.63) is 75.6 Å². The summed E-state index contributed by atoms with van der Waals surface area (Å²) < 4.78 is 6.87. The van der Waals surface area contributed by atoms with E-state index in [1.165, 1.54) is 6.07 Å². The summed E-state index contributed by atoms with van der Waals surface area (Å²) in [4.78, 5) is 25.7. The molecule has 0 radical (unpaired) electrons. The Balaban J connectivity index is 1.87. The lowest BCUT2D eigenvalue weighted by Crippen LogP contribution is -2.44. The highest BCUT2D eigenvalue weighted by atomic mass is 28.4. The van der Waals surface area contributed by atoms with Crippen LogP contribution in [0.15, 0.2) is 53.3 Å². The van der Waals surface area contributed by atoms with E-state index in [9.17, 15) is 14.7 Å². The monoisotopic (exact) mass is 510 g/mol. The Kier molecular flexibility index (Phi) is 8.43. The number of hydrogen-bond donors (Lipinski definition) is 4. The lowest BCUT2D eigenvalue weighted by Gasteiger charge is -2.40. The van der Waals surface area contributed by atoms with Gasteiger partial charge in [-0.2, -0.15) is 0 Å². The molecule has 0 spiro atoms. The van der Waals surface area contributed by atoms with Crippen molar-refractivity contribution in [2.75, 3.05) is 6.54 Å². The first-order valence-electron chi connectivity index (χ1n) is 12.3. The van der Waals surface area contributed by atoms with Crippen LogP contribution in [0.5, 0.6) is 5.75 Å². The molecule has 3 aromatic rings. The molecule has 1 heterocycles. The summed E-state index contributed by atoms with van der Waals surface area (Å²) in [5.74, 6) is -0.813. The van der Waals surface area contributed by atoms with Crippen LogP contribution in [0.4, 0.5) is 0 Å². The second-order valence-electron chi connectivity index (χ2n) is 11.1. The second-order valence-corrected chi connectivity index (χ2v) is 15.8. The Morgan fingerprint density at radius 1 is 1.11 bits per heavy atom. The molecule has 1 unspecified atom stereocenters. The number of fused-ring (bicyclic) bond motifs is 1. The zero-order valence-electron chi connectivity index (χ0n) is 22.0. The average molecular weight is 511 g/mol. The number of H-pyrrole nitrogens is 1. The first-order chi connectivity index (χ1) is 16.8. The van der Waals surface area contributed by atoms with Gasteiger partial charge in [0.15, 0.2) is 8.32 Å². The van der Waals surface area contributed by atoms with Crippen molar-refractivity contribution < 1.29 is 19.4 Å². The van der Waals surface area contributed by atoms with E-state index in [2.05, 4.69) is 51.1 Å². The third-order valence-electron chi connectivity index (χ3n) is 7.04. The van der Waals surface area contributed by atoms with E-state index in [4.69, 9.17) is 9.53 Å². The summed E-state index contributed by atoms with van der Waals surface area (Å²) in [7, 11) is -2.16. The second kappa shape index (κ2) is 11.0. The third-order valence-corrected chi connectivity index (χ3v) is 11.5. The molecule has 0 saturated carbocycles. The molecule has 0 amide bonds. The van der Waals surface area contributed by atoms with Gasteiger partial charge < -0.3 is 24.9 Å². The van der Waals surface area contributed by atoms with Crippen LogP contribution in [0.3, 0.4) is 0 Å². The first kappa shape index (κ1) is 27.6. The summed E-state index contributed by atoms with van der Waals surface area (Å²) in [6.07, 6.45) is 0.457. The molecule has 0 saturated heterocycles.